The molecule has 0 amide bonds. The average Bonchev–Trinajstić information content (AvgIpc) is 2.36. The average molecular weight is 266 g/mol. The first-order valence-corrected chi connectivity index (χ1v) is 5.35. The van der Waals surface area contributed by atoms with Gasteiger partial charge in [-0.25, -0.2) is 4.79 Å². The molecule has 0 saturated heterocycles. The summed E-state index contributed by atoms with van der Waals surface area (Å²) in [5.41, 5.74) is 0.276. The van der Waals surface area contributed by atoms with Crippen LogP contribution in [0, 0.1) is 0 Å². The zero-order valence-electron chi connectivity index (χ0n) is 10.5. The third-order valence-electron chi connectivity index (χ3n) is 2.33. The van der Waals surface area contributed by atoms with E-state index in [1.54, 1.807) is 18.2 Å². The second kappa shape index (κ2) is 6.44. The highest BCUT2D eigenvalue weighted by molar-refractivity contribution is 5.96. The van der Waals surface area contributed by atoms with Crippen LogP contribution in [-0.4, -0.2) is 36.4 Å². The molecule has 2 N–H and O–H groups in total. The maximum atomic E-state index is 11.0. The van der Waals surface area contributed by atoms with Crippen LogP contribution in [0.4, 0.5) is 0 Å². The molecule has 0 aliphatic rings. The van der Waals surface area contributed by atoms with Gasteiger partial charge in [0.15, 0.2) is 0 Å². The van der Waals surface area contributed by atoms with Crippen LogP contribution >= 0.6 is 0 Å². The Morgan fingerprint density at radius 2 is 1.63 bits per heavy atom. The van der Waals surface area contributed by atoms with E-state index in [1.165, 1.54) is 20.3 Å². The van der Waals surface area contributed by atoms with Gasteiger partial charge >= 0.3 is 11.9 Å². The Balaban J connectivity index is 3.19. The van der Waals surface area contributed by atoms with Crippen LogP contribution in [0.15, 0.2) is 23.8 Å². The van der Waals surface area contributed by atoms with Gasteiger partial charge in [-0.3, -0.25) is 4.79 Å². The van der Waals surface area contributed by atoms with Gasteiger partial charge in [0.25, 0.3) is 0 Å². The largest absolute Gasteiger partial charge is 0.497 e. The molecule has 0 spiro atoms. The molecule has 1 aromatic carbocycles. The van der Waals surface area contributed by atoms with Crippen LogP contribution in [0.3, 0.4) is 0 Å². The normalized spacial score (nSPS) is 10.9. The van der Waals surface area contributed by atoms with Crippen molar-refractivity contribution in [3.05, 3.63) is 29.3 Å². The highest BCUT2D eigenvalue weighted by Gasteiger charge is 2.12. The van der Waals surface area contributed by atoms with Crippen molar-refractivity contribution in [2.45, 2.75) is 6.42 Å². The number of carbonyl (C=O) groups is 2. The summed E-state index contributed by atoms with van der Waals surface area (Å²) in [5.74, 6) is -1.50. The molecule has 102 valence electrons. The van der Waals surface area contributed by atoms with Crippen molar-refractivity contribution in [3.8, 4) is 11.5 Å². The number of benzene rings is 1. The third-order valence-corrected chi connectivity index (χ3v) is 2.33. The number of ether oxygens (including phenoxy) is 2. The van der Waals surface area contributed by atoms with Gasteiger partial charge < -0.3 is 19.7 Å². The topological polar surface area (TPSA) is 93.1 Å². The molecule has 0 aliphatic carbocycles. The molecule has 1 rings (SSSR count). The lowest BCUT2D eigenvalue weighted by Gasteiger charge is -2.06. The first-order valence-electron chi connectivity index (χ1n) is 5.35. The first kappa shape index (κ1) is 14.6. The van der Waals surface area contributed by atoms with E-state index in [0.29, 0.717) is 17.1 Å². The molecule has 0 heterocycles. The number of rotatable bonds is 6. The Morgan fingerprint density at radius 3 is 2.00 bits per heavy atom. The van der Waals surface area contributed by atoms with Gasteiger partial charge in [-0.1, -0.05) is 0 Å². The molecule has 0 aromatic heterocycles. The predicted molar refractivity (Wildman–Crippen MR) is 67.4 cm³/mol. The summed E-state index contributed by atoms with van der Waals surface area (Å²) in [7, 11) is 2.94. The van der Waals surface area contributed by atoms with Crippen molar-refractivity contribution in [1.29, 1.82) is 0 Å². The molecule has 6 heteroatoms. The minimum absolute atomic E-state index is 0.220. The number of carboxylic acid groups (broad SMARTS) is 2. The summed E-state index contributed by atoms with van der Waals surface area (Å²) >= 11 is 0. The molecule has 1 aromatic rings. The second-order valence-electron chi connectivity index (χ2n) is 3.69. The van der Waals surface area contributed by atoms with Crippen molar-refractivity contribution in [2.24, 2.45) is 0 Å². The van der Waals surface area contributed by atoms with Crippen LogP contribution in [0.5, 0.6) is 11.5 Å². The maximum absolute atomic E-state index is 11.0. The maximum Gasteiger partial charge on any atom is 0.332 e. The first-order chi connectivity index (χ1) is 8.96. The Labute approximate surface area is 109 Å². The Kier molecular flexibility index (Phi) is 4.93. The monoisotopic (exact) mass is 266 g/mol. The molecule has 0 unspecified atom stereocenters. The van der Waals surface area contributed by atoms with E-state index in [-0.39, 0.29) is 5.57 Å². The molecule has 0 radical (unpaired) electrons. The van der Waals surface area contributed by atoms with Gasteiger partial charge in [0, 0.05) is 11.6 Å². The van der Waals surface area contributed by atoms with Crippen LogP contribution in [0.25, 0.3) is 6.08 Å². The van der Waals surface area contributed by atoms with E-state index in [2.05, 4.69) is 0 Å². The van der Waals surface area contributed by atoms with E-state index in [4.69, 9.17) is 19.7 Å². The highest BCUT2D eigenvalue weighted by atomic mass is 16.5. The minimum atomic E-state index is -1.27. The van der Waals surface area contributed by atoms with Crippen molar-refractivity contribution in [1.82, 2.24) is 0 Å². The lowest BCUT2D eigenvalue weighted by atomic mass is 10.1. The molecule has 0 bridgehead atoms. The van der Waals surface area contributed by atoms with E-state index in [9.17, 15) is 9.59 Å². The van der Waals surface area contributed by atoms with Gasteiger partial charge in [0.05, 0.1) is 20.6 Å². The summed E-state index contributed by atoms with van der Waals surface area (Å²) in [6.07, 6.45) is 0.719. The molecular formula is C13H14O6. The van der Waals surface area contributed by atoms with Crippen molar-refractivity contribution >= 4 is 18.0 Å². The number of methoxy groups -OCH3 is 2. The summed E-state index contributed by atoms with van der Waals surface area (Å²) < 4.78 is 10.1. The summed E-state index contributed by atoms with van der Waals surface area (Å²) in [6, 6.07) is 4.82. The van der Waals surface area contributed by atoms with Crippen LogP contribution in [0.2, 0.25) is 0 Å². The predicted octanol–water partition coefficient (Wildman–Crippen LogP) is 1.65. The Hall–Kier alpha value is -2.50. The fourth-order valence-corrected chi connectivity index (χ4v) is 1.47. The van der Waals surface area contributed by atoms with E-state index in [0.717, 1.165) is 0 Å². The number of hydrogen-bond acceptors (Lipinski definition) is 4. The standard InChI is InChI=1S/C13H14O6/c1-18-10-4-8(5-11(7-10)19-2)3-9(13(16)17)6-12(14)15/h3-5,7H,6H2,1-2H3,(H,14,15)(H,16,17)/b9-3+. The fourth-order valence-electron chi connectivity index (χ4n) is 1.47. The van der Waals surface area contributed by atoms with E-state index in [1.807, 2.05) is 0 Å². The molecule has 6 nitrogen and oxygen atoms in total. The van der Waals surface area contributed by atoms with Crippen LogP contribution in [-0.2, 0) is 9.59 Å². The zero-order valence-corrected chi connectivity index (χ0v) is 10.5. The summed E-state index contributed by atoms with van der Waals surface area (Å²) in [5, 5.41) is 17.6. The Bertz CT molecular complexity index is 496. The number of aliphatic carboxylic acids is 2. The molecule has 0 fully saturated rings. The second-order valence-corrected chi connectivity index (χ2v) is 3.69. The number of hydrogen-bond donors (Lipinski definition) is 2. The van der Waals surface area contributed by atoms with Crippen LogP contribution < -0.4 is 9.47 Å². The van der Waals surface area contributed by atoms with E-state index >= 15 is 0 Å². The molecule has 0 saturated carbocycles. The SMILES string of the molecule is COc1cc(/C=C(\CC(=O)O)C(=O)O)cc(OC)c1. The van der Waals surface area contributed by atoms with Gasteiger partial charge in [0.2, 0.25) is 0 Å². The quantitative estimate of drug-likeness (QED) is 0.760. The van der Waals surface area contributed by atoms with Gasteiger partial charge in [-0.15, -0.1) is 0 Å². The van der Waals surface area contributed by atoms with E-state index < -0.39 is 18.4 Å². The summed E-state index contributed by atoms with van der Waals surface area (Å²) in [4.78, 5) is 21.6. The smallest absolute Gasteiger partial charge is 0.332 e. The summed E-state index contributed by atoms with van der Waals surface area (Å²) in [6.45, 7) is 0. The van der Waals surface area contributed by atoms with Crippen molar-refractivity contribution < 1.29 is 29.3 Å². The van der Waals surface area contributed by atoms with Gasteiger partial charge in [-0.2, -0.15) is 0 Å². The molecule has 19 heavy (non-hydrogen) atoms. The molecule has 0 aliphatic heterocycles. The minimum Gasteiger partial charge on any atom is -0.497 e. The highest BCUT2D eigenvalue weighted by Crippen LogP contribution is 2.24. The van der Waals surface area contributed by atoms with Gasteiger partial charge in [-0.05, 0) is 23.8 Å². The van der Waals surface area contributed by atoms with Gasteiger partial charge in [0.1, 0.15) is 11.5 Å². The molecular weight excluding hydrogens is 252 g/mol. The number of carboxylic acids is 2. The Morgan fingerprint density at radius 1 is 1.11 bits per heavy atom. The lowest BCUT2D eigenvalue weighted by molar-refractivity contribution is -0.139. The lowest BCUT2D eigenvalue weighted by Crippen LogP contribution is -2.06. The van der Waals surface area contributed by atoms with Crippen molar-refractivity contribution in [3.63, 3.8) is 0 Å². The van der Waals surface area contributed by atoms with Crippen LogP contribution in [0.1, 0.15) is 12.0 Å². The zero-order chi connectivity index (χ0) is 14.4. The van der Waals surface area contributed by atoms with Crippen molar-refractivity contribution in [2.75, 3.05) is 14.2 Å². The third kappa shape index (κ3) is 4.34. The fraction of sp³-hybridized carbons (Fsp3) is 0.231. The molecule has 0 atom stereocenters.